The average molecular weight is 319 g/mol. The van der Waals surface area contributed by atoms with E-state index in [1.807, 2.05) is 34.3 Å². The van der Waals surface area contributed by atoms with Crippen LogP contribution in [0.4, 0.5) is 16.3 Å². The Kier molecular flexibility index (Phi) is 4.99. The molecule has 2 heterocycles. The van der Waals surface area contributed by atoms with Gasteiger partial charge in [-0.2, -0.15) is 10.1 Å². The molecule has 0 aliphatic rings. The Labute approximate surface area is 134 Å². The minimum absolute atomic E-state index is 0.192. The lowest BCUT2D eigenvalue weighted by Gasteiger charge is -2.19. The van der Waals surface area contributed by atoms with Crippen molar-refractivity contribution in [1.82, 2.24) is 25.1 Å². The van der Waals surface area contributed by atoms with E-state index in [2.05, 4.69) is 25.7 Å². The number of rotatable bonds is 5. The van der Waals surface area contributed by atoms with Gasteiger partial charge in [0.1, 0.15) is 12.0 Å². The molecule has 23 heavy (non-hydrogen) atoms. The quantitative estimate of drug-likeness (QED) is 0.858. The molecule has 0 saturated heterocycles. The van der Waals surface area contributed by atoms with Gasteiger partial charge in [0, 0.05) is 32.9 Å². The van der Waals surface area contributed by atoms with E-state index >= 15 is 0 Å². The Bertz CT molecular complexity index is 684. The number of methoxy groups -OCH3 is 1. The van der Waals surface area contributed by atoms with E-state index in [-0.39, 0.29) is 12.1 Å². The summed E-state index contributed by atoms with van der Waals surface area (Å²) in [6.45, 7) is 1.88. The third kappa shape index (κ3) is 3.87. The summed E-state index contributed by atoms with van der Waals surface area (Å²) in [7, 11) is 6.96. The summed E-state index contributed by atoms with van der Waals surface area (Å²) in [5.74, 6) is 0.855. The number of nitrogens with zero attached hydrogens (tertiary/aromatic N) is 5. The van der Waals surface area contributed by atoms with E-state index in [1.54, 1.807) is 15.8 Å². The summed E-state index contributed by atoms with van der Waals surface area (Å²) in [5.41, 5.74) is 1.32. The standard InChI is InChI=1S/C14H21N7O2/c1-9(10-6-17-21(4)7-10)18-14(22)19-11-12(20(2)3)15-8-16-13(11)23-5/h6-9H,1-5H3,(H2,18,19,22)/t9-/m0/s1. The number of aryl methyl sites for hydroxylation is 1. The molecule has 0 unspecified atom stereocenters. The molecule has 0 bridgehead atoms. The predicted octanol–water partition coefficient (Wildman–Crippen LogP) is 1.17. The fourth-order valence-electron chi connectivity index (χ4n) is 2.06. The van der Waals surface area contributed by atoms with Crippen molar-refractivity contribution in [3.63, 3.8) is 0 Å². The third-order valence-corrected chi connectivity index (χ3v) is 3.22. The number of hydrogen-bond acceptors (Lipinski definition) is 6. The summed E-state index contributed by atoms with van der Waals surface area (Å²) < 4.78 is 6.88. The molecule has 2 aromatic rings. The van der Waals surface area contributed by atoms with E-state index in [1.165, 1.54) is 13.4 Å². The highest BCUT2D eigenvalue weighted by atomic mass is 16.5. The highest BCUT2D eigenvalue weighted by Crippen LogP contribution is 2.29. The molecule has 2 N–H and O–H groups in total. The summed E-state index contributed by atoms with van der Waals surface area (Å²) in [6.07, 6.45) is 4.94. The molecule has 0 fully saturated rings. The van der Waals surface area contributed by atoms with Gasteiger partial charge in [0.05, 0.1) is 19.3 Å². The lowest BCUT2D eigenvalue weighted by Crippen LogP contribution is -2.32. The molecule has 9 nitrogen and oxygen atoms in total. The minimum Gasteiger partial charge on any atom is -0.479 e. The van der Waals surface area contributed by atoms with Crippen molar-refractivity contribution in [3.05, 3.63) is 24.3 Å². The zero-order chi connectivity index (χ0) is 17.0. The first kappa shape index (κ1) is 16.5. The minimum atomic E-state index is -0.377. The number of carbonyl (C=O) groups is 1. The maximum atomic E-state index is 12.3. The first-order chi connectivity index (χ1) is 10.9. The molecule has 0 aliphatic carbocycles. The Balaban J connectivity index is 2.13. The number of urea groups is 1. The van der Waals surface area contributed by atoms with Crippen LogP contribution in [0.15, 0.2) is 18.7 Å². The number of carbonyl (C=O) groups excluding carboxylic acids is 1. The Morgan fingerprint density at radius 3 is 2.70 bits per heavy atom. The Morgan fingerprint density at radius 1 is 1.39 bits per heavy atom. The van der Waals surface area contributed by atoms with Crippen molar-refractivity contribution < 1.29 is 9.53 Å². The number of anilines is 2. The smallest absolute Gasteiger partial charge is 0.319 e. The van der Waals surface area contributed by atoms with Crippen molar-refractivity contribution in [3.8, 4) is 5.88 Å². The fraction of sp³-hybridized carbons (Fsp3) is 0.429. The molecule has 124 valence electrons. The van der Waals surface area contributed by atoms with Gasteiger partial charge in [-0.15, -0.1) is 0 Å². The second kappa shape index (κ2) is 6.95. The van der Waals surface area contributed by atoms with Crippen molar-refractivity contribution in [2.75, 3.05) is 31.4 Å². The van der Waals surface area contributed by atoms with Crippen LogP contribution in [0, 0.1) is 0 Å². The van der Waals surface area contributed by atoms with Crippen LogP contribution < -0.4 is 20.3 Å². The van der Waals surface area contributed by atoms with E-state index in [9.17, 15) is 4.79 Å². The SMILES string of the molecule is COc1ncnc(N(C)C)c1NC(=O)N[C@@H](C)c1cnn(C)c1. The van der Waals surface area contributed by atoms with Gasteiger partial charge in [-0.1, -0.05) is 0 Å². The van der Waals surface area contributed by atoms with Gasteiger partial charge < -0.3 is 20.3 Å². The molecule has 1 atom stereocenters. The monoisotopic (exact) mass is 319 g/mol. The van der Waals surface area contributed by atoms with Gasteiger partial charge in [0.25, 0.3) is 0 Å². The van der Waals surface area contributed by atoms with Crippen LogP contribution >= 0.6 is 0 Å². The molecule has 9 heteroatoms. The van der Waals surface area contributed by atoms with E-state index in [0.717, 1.165) is 5.56 Å². The lowest BCUT2D eigenvalue weighted by atomic mass is 10.2. The molecule has 0 aliphatic heterocycles. The molecule has 2 aromatic heterocycles. The second-order valence-corrected chi connectivity index (χ2v) is 5.24. The van der Waals surface area contributed by atoms with Crippen molar-refractivity contribution in [1.29, 1.82) is 0 Å². The van der Waals surface area contributed by atoms with Crippen LogP contribution in [0.1, 0.15) is 18.5 Å². The predicted molar refractivity (Wildman–Crippen MR) is 86.7 cm³/mol. The number of nitrogens with one attached hydrogen (secondary N) is 2. The summed E-state index contributed by atoms with van der Waals surface area (Å²) in [5, 5.41) is 9.68. The number of amides is 2. The molecule has 2 amide bonds. The highest BCUT2D eigenvalue weighted by molar-refractivity contribution is 5.94. The molecular formula is C14H21N7O2. The number of aromatic nitrogens is 4. The van der Waals surface area contributed by atoms with E-state index in [0.29, 0.717) is 17.4 Å². The van der Waals surface area contributed by atoms with E-state index in [4.69, 9.17) is 4.74 Å². The van der Waals surface area contributed by atoms with Crippen molar-refractivity contribution in [2.45, 2.75) is 13.0 Å². The summed E-state index contributed by atoms with van der Waals surface area (Å²) in [4.78, 5) is 22.2. The molecule has 2 rings (SSSR count). The normalized spacial score (nSPS) is 11.7. The average Bonchev–Trinajstić information content (AvgIpc) is 2.93. The number of hydrogen-bond donors (Lipinski definition) is 2. The van der Waals surface area contributed by atoms with Gasteiger partial charge in [0.15, 0.2) is 5.82 Å². The van der Waals surface area contributed by atoms with Crippen LogP contribution in [-0.2, 0) is 7.05 Å². The molecule has 0 aromatic carbocycles. The van der Waals surface area contributed by atoms with Gasteiger partial charge in [-0.25, -0.2) is 9.78 Å². The molecular weight excluding hydrogens is 298 g/mol. The van der Waals surface area contributed by atoms with Crippen molar-refractivity contribution in [2.24, 2.45) is 7.05 Å². The zero-order valence-corrected chi connectivity index (χ0v) is 13.9. The third-order valence-electron chi connectivity index (χ3n) is 3.22. The first-order valence-electron chi connectivity index (χ1n) is 7.04. The Hall–Kier alpha value is -2.84. The van der Waals surface area contributed by atoms with Crippen LogP contribution in [0.2, 0.25) is 0 Å². The lowest BCUT2D eigenvalue weighted by molar-refractivity contribution is 0.249. The van der Waals surface area contributed by atoms with Gasteiger partial charge in [0.2, 0.25) is 5.88 Å². The van der Waals surface area contributed by atoms with Crippen LogP contribution in [0.5, 0.6) is 5.88 Å². The summed E-state index contributed by atoms with van der Waals surface area (Å²) >= 11 is 0. The van der Waals surface area contributed by atoms with E-state index < -0.39 is 0 Å². The second-order valence-electron chi connectivity index (χ2n) is 5.24. The molecule has 0 saturated carbocycles. The highest BCUT2D eigenvalue weighted by Gasteiger charge is 2.18. The maximum Gasteiger partial charge on any atom is 0.319 e. The fourth-order valence-corrected chi connectivity index (χ4v) is 2.06. The topological polar surface area (TPSA) is 97.2 Å². The maximum absolute atomic E-state index is 12.3. The van der Waals surface area contributed by atoms with Crippen LogP contribution in [0.25, 0.3) is 0 Å². The molecule has 0 radical (unpaired) electrons. The van der Waals surface area contributed by atoms with Crippen molar-refractivity contribution >= 4 is 17.5 Å². The first-order valence-corrected chi connectivity index (χ1v) is 7.04. The summed E-state index contributed by atoms with van der Waals surface area (Å²) in [6, 6.07) is -0.570. The van der Waals surface area contributed by atoms with Gasteiger partial charge >= 0.3 is 6.03 Å². The van der Waals surface area contributed by atoms with Crippen LogP contribution in [-0.4, -0.2) is 47.0 Å². The zero-order valence-electron chi connectivity index (χ0n) is 13.9. The largest absolute Gasteiger partial charge is 0.479 e. The molecule has 0 spiro atoms. The Morgan fingerprint density at radius 2 is 2.13 bits per heavy atom. The van der Waals surface area contributed by atoms with Gasteiger partial charge in [-0.3, -0.25) is 4.68 Å². The van der Waals surface area contributed by atoms with Crippen LogP contribution in [0.3, 0.4) is 0 Å². The number of ether oxygens (including phenoxy) is 1. The van der Waals surface area contributed by atoms with Gasteiger partial charge in [-0.05, 0) is 6.92 Å².